The SMILES string of the molecule is CCCC(NCc1nnc(-c2ccc(Cl)cc2)o1)C(=O)O. The predicted molar refractivity (Wildman–Crippen MR) is 77.9 cm³/mol. The predicted octanol–water partition coefficient (Wildman–Crippen LogP) is 2.73. The Balaban J connectivity index is 2.00. The lowest BCUT2D eigenvalue weighted by atomic mass is 10.2. The number of aromatic nitrogens is 2. The van der Waals surface area contributed by atoms with Crippen molar-refractivity contribution in [3.8, 4) is 11.5 Å². The summed E-state index contributed by atoms with van der Waals surface area (Å²) in [7, 11) is 0. The molecule has 112 valence electrons. The van der Waals surface area contributed by atoms with Crippen LogP contribution in [-0.4, -0.2) is 27.3 Å². The van der Waals surface area contributed by atoms with Gasteiger partial charge in [-0.15, -0.1) is 10.2 Å². The molecule has 2 aromatic rings. The maximum absolute atomic E-state index is 11.0. The minimum Gasteiger partial charge on any atom is -0.480 e. The molecule has 0 saturated heterocycles. The maximum Gasteiger partial charge on any atom is 0.320 e. The molecule has 6 nitrogen and oxygen atoms in total. The molecule has 0 bridgehead atoms. The van der Waals surface area contributed by atoms with Crippen molar-refractivity contribution >= 4 is 17.6 Å². The fourth-order valence-electron chi connectivity index (χ4n) is 1.85. The molecule has 0 fully saturated rings. The fourth-order valence-corrected chi connectivity index (χ4v) is 1.97. The topological polar surface area (TPSA) is 88.3 Å². The first-order valence-electron chi connectivity index (χ1n) is 6.64. The van der Waals surface area contributed by atoms with Crippen molar-refractivity contribution in [2.24, 2.45) is 0 Å². The Morgan fingerprint density at radius 3 is 2.71 bits per heavy atom. The number of carboxylic acids is 1. The van der Waals surface area contributed by atoms with Crippen molar-refractivity contribution in [3.05, 3.63) is 35.2 Å². The summed E-state index contributed by atoms with van der Waals surface area (Å²) in [4.78, 5) is 11.0. The number of rotatable bonds is 7. The third kappa shape index (κ3) is 4.27. The first-order valence-corrected chi connectivity index (χ1v) is 7.02. The van der Waals surface area contributed by atoms with Crippen LogP contribution in [0.5, 0.6) is 0 Å². The van der Waals surface area contributed by atoms with Crippen LogP contribution in [0, 0.1) is 0 Å². The van der Waals surface area contributed by atoms with Gasteiger partial charge in [0.1, 0.15) is 6.04 Å². The molecule has 21 heavy (non-hydrogen) atoms. The van der Waals surface area contributed by atoms with E-state index in [0.29, 0.717) is 23.2 Å². The van der Waals surface area contributed by atoms with Gasteiger partial charge in [0.2, 0.25) is 11.8 Å². The quantitative estimate of drug-likeness (QED) is 0.817. The highest BCUT2D eigenvalue weighted by molar-refractivity contribution is 6.30. The van der Waals surface area contributed by atoms with Gasteiger partial charge in [0.25, 0.3) is 0 Å². The van der Waals surface area contributed by atoms with Crippen molar-refractivity contribution in [2.75, 3.05) is 0 Å². The second-order valence-corrected chi connectivity index (χ2v) is 5.00. The second kappa shape index (κ2) is 7.19. The zero-order valence-corrected chi connectivity index (χ0v) is 12.3. The van der Waals surface area contributed by atoms with Crippen molar-refractivity contribution in [3.63, 3.8) is 0 Å². The van der Waals surface area contributed by atoms with Crippen LogP contribution in [0.25, 0.3) is 11.5 Å². The van der Waals surface area contributed by atoms with E-state index in [9.17, 15) is 4.79 Å². The molecule has 1 aromatic carbocycles. The van der Waals surface area contributed by atoms with Crippen molar-refractivity contribution in [2.45, 2.75) is 32.4 Å². The maximum atomic E-state index is 11.0. The Morgan fingerprint density at radius 1 is 1.38 bits per heavy atom. The second-order valence-electron chi connectivity index (χ2n) is 4.57. The smallest absolute Gasteiger partial charge is 0.320 e. The minimum atomic E-state index is -0.880. The Bertz CT molecular complexity index is 598. The largest absolute Gasteiger partial charge is 0.480 e. The van der Waals surface area contributed by atoms with E-state index in [1.54, 1.807) is 24.3 Å². The van der Waals surface area contributed by atoms with Crippen LogP contribution in [-0.2, 0) is 11.3 Å². The molecule has 2 N–H and O–H groups in total. The third-order valence-corrected chi connectivity index (χ3v) is 3.19. The Labute approximate surface area is 127 Å². The van der Waals surface area contributed by atoms with E-state index in [1.165, 1.54) is 0 Å². The molecule has 2 rings (SSSR count). The molecule has 0 amide bonds. The van der Waals surface area contributed by atoms with Gasteiger partial charge in [0, 0.05) is 10.6 Å². The van der Waals surface area contributed by atoms with Crippen molar-refractivity contribution in [1.29, 1.82) is 0 Å². The highest BCUT2D eigenvalue weighted by Crippen LogP contribution is 2.20. The van der Waals surface area contributed by atoms with E-state index in [0.717, 1.165) is 12.0 Å². The average molecular weight is 310 g/mol. The van der Waals surface area contributed by atoms with Gasteiger partial charge in [-0.3, -0.25) is 10.1 Å². The summed E-state index contributed by atoms with van der Waals surface area (Å²) in [6.45, 7) is 2.15. The van der Waals surface area contributed by atoms with Crippen molar-refractivity contribution in [1.82, 2.24) is 15.5 Å². The molecule has 0 aliphatic carbocycles. The lowest BCUT2D eigenvalue weighted by Crippen LogP contribution is -2.36. The van der Waals surface area contributed by atoms with Crippen LogP contribution in [0.4, 0.5) is 0 Å². The molecular formula is C14H16ClN3O3. The lowest BCUT2D eigenvalue weighted by Gasteiger charge is -2.11. The van der Waals surface area contributed by atoms with Gasteiger partial charge in [-0.2, -0.15) is 0 Å². The molecule has 7 heteroatoms. The molecule has 0 saturated carbocycles. The summed E-state index contributed by atoms with van der Waals surface area (Å²) in [6.07, 6.45) is 1.33. The van der Waals surface area contributed by atoms with Gasteiger partial charge in [-0.05, 0) is 30.7 Å². The molecule has 0 aliphatic heterocycles. The monoisotopic (exact) mass is 309 g/mol. The molecule has 1 aromatic heterocycles. The van der Waals surface area contributed by atoms with E-state index >= 15 is 0 Å². The number of carbonyl (C=O) groups is 1. The highest BCUT2D eigenvalue weighted by Gasteiger charge is 2.17. The van der Waals surface area contributed by atoms with Crippen LogP contribution < -0.4 is 5.32 Å². The highest BCUT2D eigenvalue weighted by atomic mass is 35.5. The first-order chi connectivity index (χ1) is 10.1. The van der Waals surface area contributed by atoms with E-state index in [1.807, 2.05) is 6.92 Å². The fraction of sp³-hybridized carbons (Fsp3) is 0.357. The van der Waals surface area contributed by atoms with Gasteiger partial charge in [0.05, 0.1) is 6.54 Å². The van der Waals surface area contributed by atoms with Gasteiger partial charge >= 0.3 is 5.97 Å². The summed E-state index contributed by atoms with van der Waals surface area (Å²) < 4.78 is 5.50. The van der Waals surface area contributed by atoms with E-state index in [-0.39, 0.29) is 6.54 Å². The van der Waals surface area contributed by atoms with Gasteiger partial charge in [-0.25, -0.2) is 0 Å². The van der Waals surface area contributed by atoms with Crippen LogP contribution in [0.2, 0.25) is 5.02 Å². The molecule has 1 unspecified atom stereocenters. The zero-order valence-electron chi connectivity index (χ0n) is 11.5. The standard InChI is InChI=1S/C14H16ClN3O3/c1-2-3-11(14(19)20)16-8-12-17-18-13(21-12)9-4-6-10(15)7-5-9/h4-7,11,16H,2-3,8H2,1H3,(H,19,20). The Kier molecular flexibility index (Phi) is 5.30. The average Bonchev–Trinajstić information content (AvgIpc) is 2.92. The van der Waals surface area contributed by atoms with Gasteiger partial charge in [0.15, 0.2) is 0 Å². The summed E-state index contributed by atoms with van der Waals surface area (Å²) in [6, 6.07) is 6.43. The minimum absolute atomic E-state index is 0.220. The number of carboxylic acid groups (broad SMARTS) is 1. The van der Waals surface area contributed by atoms with E-state index < -0.39 is 12.0 Å². The first kappa shape index (κ1) is 15.5. The van der Waals surface area contributed by atoms with Crippen LogP contribution >= 0.6 is 11.6 Å². The Morgan fingerprint density at radius 2 is 2.10 bits per heavy atom. The van der Waals surface area contributed by atoms with Crippen molar-refractivity contribution < 1.29 is 14.3 Å². The van der Waals surface area contributed by atoms with E-state index in [4.69, 9.17) is 21.1 Å². The summed E-state index contributed by atoms with van der Waals surface area (Å²) in [5.74, 6) is -0.151. The molecule has 0 spiro atoms. The number of aliphatic carboxylic acids is 1. The molecule has 0 radical (unpaired) electrons. The van der Waals surface area contributed by atoms with Crippen LogP contribution in [0.1, 0.15) is 25.7 Å². The molecule has 1 atom stereocenters. The van der Waals surface area contributed by atoms with Crippen LogP contribution in [0.15, 0.2) is 28.7 Å². The number of benzene rings is 1. The lowest BCUT2D eigenvalue weighted by molar-refractivity contribution is -0.139. The summed E-state index contributed by atoms with van der Waals surface area (Å²) in [5, 5.41) is 20.4. The van der Waals surface area contributed by atoms with Gasteiger partial charge < -0.3 is 9.52 Å². The number of nitrogens with zero attached hydrogens (tertiary/aromatic N) is 2. The number of halogens is 1. The molecule has 0 aliphatic rings. The third-order valence-electron chi connectivity index (χ3n) is 2.93. The van der Waals surface area contributed by atoms with Gasteiger partial charge in [-0.1, -0.05) is 24.9 Å². The van der Waals surface area contributed by atoms with Crippen LogP contribution in [0.3, 0.4) is 0 Å². The normalized spacial score (nSPS) is 12.3. The zero-order chi connectivity index (χ0) is 15.2. The van der Waals surface area contributed by atoms with E-state index in [2.05, 4.69) is 15.5 Å². The molecule has 1 heterocycles. The number of nitrogens with one attached hydrogen (secondary N) is 1. The summed E-state index contributed by atoms with van der Waals surface area (Å²) in [5.41, 5.74) is 0.765. The number of hydrogen-bond donors (Lipinski definition) is 2. The molecular weight excluding hydrogens is 294 g/mol. The Hall–Kier alpha value is -1.92. The number of hydrogen-bond acceptors (Lipinski definition) is 5. The summed E-state index contributed by atoms with van der Waals surface area (Å²) >= 11 is 5.82.